The van der Waals surface area contributed by atoms with Gasteiger partial charge in [0.15, 0.2) is 5.78 Å². The number of aliphatic hydroxyl groups excluding tert-OH is 4. The molecular formula is C6H12O5. The predicted molar refractivity (Wildman–Crippen MR) is 35.8 cm³/mol. The molecule has 0 radical (unpaired) electrons. The van der Waals surface area contributed by atoms with Gasteiger partial charge in [-0.3, -0.25) is 4.79 Å². The number of aliphatic hydroxyl groups is 4. The number of carbonyl (C=O) groups excluding carboxylic acids is 1. The van der Waals surface area contributed by atoms with Gasteiger partial charge in [0.25, 0.3) is 0 Å². The SMILES string of the molecule is O=C(CC(O)CO)C(O)CO. The first-order valence-electron chi connectivity index (χ1n) is 3.22. The second-order valence-electron chi connectivity index (χ2n) is 2.21. The molecule has 5 heteroatoms. The third-order valence-electron chi connectivity index (χ3n) is 1.19. The van der Waals surface area contributed by atoms with Crippen LogP contribution in [0.15, 0.2) is 0 Å². The minimum Gasteiger partial charge on any atom is -0.394 e. The first kappa shape index (κ1) is 10.5. The average Bonchev–Trinajstić information content (AvgIpc) is 2.02. The van der Waals surface area contributed by atoms with Crippen molar-refractivity contribution in [2.75, 3.05) is 13.2 Å². The van der Waals surface area contributed by atoms with E-state index < -0.39 is 31.2 Å². The van der Waals surface area contributed by atoms with Crippen molar-refractivity contribution in [2.45, 2.75) is 18.6 Å². The fourth-order valence-corrected chi connectivity index (χ4v) is 0.535. The number of hydrogen-bond donors (Lipinski definition) is 4. The van der Waals surface area contributed by atoms with Gasteiger partial charge in [-0.25, -0.2) is 0 Å². The summed E-state index contributed by atoms with van der Waals surface area (Å²) in [7, 11) is 0. The third-order valence-corrected chi connectivity index (χ3v) is 1.19. The zero-order valence-corrected chi connectivity index (χ0v) is 5.97. The lowest BCUT2D eigenvalue weighted by Crippen LogP contribution is -2.29. The number of carbonyl (C=O) groups is 1. The molecule has 66 valence electrons. The lowest BCUT2D eigenvalue weighted by molar-refractivity contribution is -0.131. The van der Waals surface area contributed by atoms with Crippen molar-refractivity contribution in [2.24, 2.45) is 0 Å². The van der Waals surface area contributed by atoms with E-state index in [-0.39, 0.29) is 6.42 Å². The molecule has 0 saturated carbocycles. The minimum absolute atomic E-state index is 0.335. The number of rotatable bonds is 5. The maximum atomic E-state index is 10.7. The molecule has 2 unspecified atom stereocenters. The molecule has 0 spiro atoms. The first-order valence-corrected chi connectivity index (χ1v) is 3.22. The number of ketones is 1. The van der Waals surface area contributed by atoms with E-state index in [1.807, 2.05) is 0 Å². The molecule has 0 aromatic heterocycles. The van der Waals surface area contributed by atoms with Crippen molar-refractivity contribution >= 4 is 5.78 Å². The van der Waals surface area contributed by atoms with Crippen LogP contribution in [0.2, 0.25) is 0 Å². The quantitative estimate of drug-likeness (QED) is 0.365. The molecule has 0 bridgehead atoms. The van der Waals surface area contributed by atoms with Crippen LogP contribution in [0, 0.1) is 0 Å². The van der Waals surface area contributed by atoms with Crippen LogP contribution in [-0.4, -0.2) is 51.6 Å². The highest BCUT2D eigenvalue weighted by Crippen LogP contribution is 1.95. The summed E-state index contributed by atoms with van der Waals surface area (Å²) in [5.74, 6) is -0.672. The minimum atomic E-state index is -1.45. The summed E-state index contributed by atoms with van der Waals surface area (Å²) in [6.07, 6.45) is -2.93. The van der Waals surface area contributed by atoms with Crippen LogP contribution in [0.1, 0.15) is 6.42 Å². The van der Waals surface area contributed by atoms with Crippen LogP contribution in [-0.2, 0) is 4.79 Å². The topological polar surface area (TPSA) is 98.0 Å². The van der Waals surface area contributed by atoms with Gasteiger partial charge >= 0.3 is 0 Å². The summed E-state index contributed by atoms with van der Waals surface area (Å²) in [5, 5.41) is 34.0. The van der Waals surface area contributed by atoms with Crippen molar-refractivity contribution in [3.8, 4) is 0 Å². The highest BCUT2D eigenvalue weighted by Gasteiger charge is 2.16. The van der Waals surface area contributed by atoms with Gasteiger partial charge in [-0.1, -0.05) is 0 Å². The molecular weight excluding hydrogens is 152 g/mol. The Bertz CT molecular complexity index is 124. The molecule has 0 saturated heterocycles. The summed E-state index contributed by atoms with van der Waals surface area (Å²) in [6.45, 7) is -1.18. The molecule has 0 rings (SSSR count). The maximum absolute atomic E-state index is 10.7. The lowest BCUT2D eigenvalue weighted by Gasteiger charge is -2.08. The Labute approximate surface area is 63.9 Å². The van der Waals surface area contributed by atoms with E-state index in [1.54, 1.807) is 0 Å². The molecule has 0 aliphatic rings. The van der Waals surface area contributed by atoms with E-state index >= 15 is 0 Å². The Kier molecular flexibility index (Phi) is 4.97. The van der Waals surface area contributed by atoms with Crippen molar-refractivity contribution in [3.05, 3.63) is 0 Å². The second kappa shape index (κ2) is 5.20. The Balaban J connectivity index is 3.68. The summed E-state index contributed by atoms with van der Waals surface area (Å²) in [6, 6.07) is 0. The fraction of sp³-hybridized carbons (Fsp3) is 0.833. The molecule has 0 amide bonds. The Hall–Kier alpha value is -0.490. The van der Waals surface area contributed by atoms with Crippen LogP contribution in [0.5, 0.6) is 0 Å². The van der Waals surface area contributed by atoms with Crippen LogP contribution in [0.3, 0.4) is 0 Å². The van der Waals surface area contributed by atoms with Gasteiger partial charge in [0, 0.05) is 6.42 Å². The fourth-order valence-electron chi connectivity index (χ4n) is 0.535. The third kappa shape index (κ3) is 4.05. The highest BCUT2D eigenvalue weighted by molar-refractivity contribution is 5.83. The molecule has 0 heterocycles. The summed E-state index contributed by atoms with van der Waals surface area (Å²) in [5.41, 5.74) is 0. The van der Waals surface area contributed by atoms with E-state index in [4.69, 9.17) is 20.4 Å². The van der Waals surface area contributed by atoms with E-state index in [0.717, 1.165) is 0 Å². The van der Waals surface area contributed by atoms with E-state index in [2.05, 4.69) is 0 Å². The van der Waals surface area contributed by atoms with E-state index in [9.17, 15) is 4.79 Å². The summed E-state index contributed by atoms with van der Waals surface area (Å²) >= 11 is 0. The van der Waals surface area contributed by atoms with Crippen LogP contribution >= 0.6 is 0 Å². The number of hydrogen-bond acceptors (Lipinski definition) is 5. The lowest BCUT2D eigenvalue weighted by atomic mass is 10.1. The van der Waals surface area contributed by atoms with Gasteiger partial charge in [0.05, 0.1) is 19.3 Å². The molecule has 5 nitrogen and oxygen atoms in total. The average molecular weight is 164 g/mol. The van der Waals surface area contributed by atoms with Crippen molar-refractivity contribution < 1.29 is 25.2 Å². The Morgan fingerprint density at radius 2 is 1.73 bits per heavy atom. The van der Waals surface area contributed by atoms with Crippen molar-refractivity contribution in [1.29, 1.82) is 0 Å². The monoisotopic (exact) mass is 164 g/mol. The first-order chi connectivity index (χ1) is 5.11. The molecule has 0 aliphatic heterocycles. The van der Waals surface area contributed by atoms with E-state index in [0.29, 0.717) is 0 Å². The maximum Gasteiger partial charge on any atom is 0.166 e. The van der Waals surface area contributed by atoms with Crippen LogP contribution in [0.25, 0.3) is 0 Å². The Morgan fingerprint density at radius 3 is 2.09 bits per heavy atom. The highest BCUT2D eigenvalue weighted by atomic mass is 16.3. The van der Waals surface area contributed by atoms with Gasteiger partial charge in [0.1, 0.15) is 6.10 Å². The zero-order chi connectivity index (χ0) is 8.85. The van der Waals surface area contributed by atoms with Crippen LogP contribution < -0.4 is 0 Å². The van der Waals surface area contributed by atoms with Gasteiger partial charge in [0.2, 0.25) is 0 Å². The summed E-state index contributed by atoms with van der Waals surface area (Å²) in [4.78, 5) is 10.7. The van der Waals surface area contributed by atoms with Crippen LogP contribution in [0.4, 0.5) is 0 Å². The summed E-state index contributed by atoms with van der Waals surface area (Å²) < 4.78 is 0. The van der Waals surface area contributed by atoms with Gasteiger partial charge in [-0.05, 0) is 0 Å². The molecule has 4 N–H and O–H groups in total. The second-order valence-corrected chi connectivity index (χ2v) is 2.21. The molecule has 0 aliphatic carbocycles. The standard InChI is InChI=1S/C6H12O5/c7-2-4(9)1-5(10)6(11)3-8/h4,6-9,11H,1-3H2. The van der Waals surface area contributed by atoms with Gasteiger partial charge in [-0.15, -0.1) is 0 Å². The molecule has 0 aromatic carbocycles. The zero-order valence-electron chi connectivity index (χ0n) is 5.97. The van der Waals surface area contributed by atoms with Crippen molar-refractivity contribution in [3.63, 3.8) is 0 Å². The van der Waals surface area contributed by atoms with E-state index in [1.165, 1.54) is 0 Å². The van der Waals surface area contributed by atoms with Crippen molar-refractivity contribution in [1.82, 2.24) is 0 Å². The molecule has 0 aromatic rings. The largest absolute Gasteiger partial charge is 0.394 e. The molecule has 11 heavy (non-hydrogen) atoms. The smallest absolute Gasteiger partial charge is 0.166 e. The predicted octanol–water partition coefficient (Wildman–Crippen LogP) is -2.35. The normalized spacial score (nSPS) is 16.0. The Morgan fingerprint density at radius 1 is 1.18 bits per heavy atom. The van der Waals surface area contributed by atoms with Gasteiger partial charge < -0.3 is 20.4 Å². The van der Waals surface area contributed by atoms with Gasteiger partial charge in [-0.2, -0.15) is 0 Å². The number of Topliss-reactive ketones (excluding diaryl/α,β-unsaturated/α-hetero) is 1. The molecule has 0 fully saturated rings. The molecule has 2 atom stereocenters.